The van der Waals surface area contributed by atoms with Crippen LogP contribution in [0.15, 0.2) is 18.5 Å². The molecule has 28 heavy (non-hydrogen) atoms. The second kappa shape index (κ2) is 6.85. The van der Waals surface area contributed by atoms with Crippen LogP contribution in [-0.2, 0) is 11.2 Å². The Balaban J connectivity index is 1.84. The molecule has 6 nitrogen and oxygen atoms in total. The van der Waals surface area contributed by atoms with Crippen LogP contribution in [-0.4, -0.2) is 27.9 Å². The van der Waals surface area contributed by atoms with E-state index in [1.165, 1.54) is 12.4 Å². The Labute approximate surface area is 161 Å². The van der Waals surface area contributed by atoms with Crippen molar-refractivity contribution in [3.63, 3.8) is 0 Å². The number of nitrogens with zero attached hydrogens (tertiary/aromatic N) is 3. The number of rotatable bonds is 5. The van der Waals surface area contributed by atoms with Crippen molar-refractivity contribution in [1.82, 2.24) is 15.0 Å². The number of anilines is 3. The minimum Gasteiger partial charge on any atom is -0.342 e. The highest BCUT2D eigenvalue weighted by atomic mass is 19.1. The van der Waals surface area contributed by atoms with E-state index in [0.29, 0.717) is 34.7 Å². The van der Waals surface area contributed by atoms with Gasteiger partial charge in [-0.2, -0.15) is 0 Å². The van der Waals surface area contributed by atoms with Crippen LogP contribution in [0.2, 0.25) is 0 Å². The summed E-state index contributed by atoms with van der Waals surface area (Å²) in [6.45, 7) is 3.67. The summed E-state index contributed by atoms with van der Waals surface area (Å²) in [4.78, 5) is 25.8. The number of hydrogen-bond acceptors (Lipinski definition) is 4. The van der Waals surface area contributed by atoms with Gasteiger partial charge in [0.15, 0.2) is 5.82 Å². The fraction of sp³-hybridized carbons (Fsp3) is 0.350. The van der Waals surface area contributed by atoms with Crippen LogP contribution in [0.25, 0.3) is 11.0 Å². The summed E-state index contributed by atoms with van der Waals surface area (Å²) in [6.07, 6.45) is 3.74. The molecular formula is C20H21F2N5O. The van der Waals surface area contributed by atoms with Crippen molar-refractivity contribution in [2.24, 2.45) is 5.92 Å². The highest BCUT2D eigenvalue weighted by molar-refractivity contribution is 6.01. The molecule has 2 heterocycles. The zero-order valence-electron chi connectivity index (χ0n) is 15.9. The zero-order chi connectivity index (χ0) is 20.0. The monoisotopic (exact) mass is 385 g/mol. The van der Waals surface area contributed by atoms with E-state index in [1.807, 2.05) is 13.8 Å². The number of fused-ring (bicyclic) bond motifs is 1. The molecule has 0 bridgehead atoms. The SMILES string of the molecule is CCc1cc(F)cc(F)c1N(C)c1nc(NC(=O)C2CC2)c2[nH]cnc2c1C. The molecule has 0 radical (unpaired) electrons. The summed E-state index contributed by atoms with van der Waals surface area (Å²) in [5.41, 5.74) is 2.79. The quantitative estimate of drug-likeness (QED) is 0.690. The highest BCUT2D eigenvalue weighted by Gasteiger charge is 2.31. The van der Waals surface area contributed by atoms with Crippen LogP contribution >= 0.6 is 0 Å². The molecule has 1 amide bonds. The Kier molecular flexibility index (Phi) is 4.49. The van der Waals surface area contributed by atoms with Crippen molar-refractivity contribution in [2.75, 3.05) is 17.3 Å². The first-order valence-electron chi connectivity index (χ1n) is 9.26. The van der Waals surface area contributed by atoms with Crippen LogP contribution in [0.5, 0.6) is 0 Å². The van der Waals surface area contributed by atoms with Gasteiger partial charge >= 0.3 is 0 Å². The Morgan fingerprint density at radius 3 is 2.79 bits per heavy atom. The van der Waals surface area contributed by atoms with Crippen molar-refractivity contribution < 1.29 is 13.6 Å². The van der Waals surface area contributed by atoms with Gasteiger partial charge in [-0.25, -0.2) is 18.7 Å². The number of nitrogens with one attached hydrogen (secondary N) is 2. The molecule has 0 unspecified atom stereocenters. The minimum atomic E-state index is -0.661. The lowest BCUT2D eigenvalue weighted by Crippen LogP contribution is -2.20. The lowest BCUT2D eigenvalue weighted by atomic mass is 10.1. The van der Waals surface area contributed by atoms with Crippen molar-refractivity contribution in [1.29, 1.82) is 0 Å². The standard InChI is InChI=1S/C20H21F2N5O/c1-4-11-7-13(21)8-14(22)17(11)27(3)19-10(2)15-16(24-9-23-15)18(25-19)26-20(28)12-5-6-12/h7-9,12H,4-6H2,1-3H3,(H,23,24)(H,25,26,28). The molecule has 1 aromatic carbocycles. The molecule has 0 spiro atoms. The Morgan fingerprint density at radius 2 is 2.11 bits per heavy atom. The molecule has 0 atom stereocenters. The highest BCUT2D eigenvalue weighted by Crippen LogP contribution is 2.36. The van der Waals surface area contributed by atoms with Crippen molar-refractivity contribution in [3.8, 4) is 0 Å². The van der Waals surface area contributed by atoms with Crippen LogP contribution in [0, 0.1) is 24.5 Å². The van der Waals surface area contributed by atoms with E-state index in [1.54, 1.807) is 11.9 Å². The minimum absolute atomic E-state index is 0.0171. The number of carbonyl (C=O) groups is 1. The molecule has 0 aliphatic heterocycles. The average Bonchev–Trinajstić information content (AvgIpc) is 3.39. The first kappa shape index (κ1) is 18.3. The first-order valence-corrected chi connectivity index (χ1v) is 9.26. The van der Waals surface area contributed by atoms with Gasteiger partial charge in [0.2, 0.25) is 5.91 Å². The molecule has 2 aromatic heterocycles. The lowest BCUT2D eigenvalue weighted by molar-refractivity contribution is -0.117. The van der Waals surface area contributed by atoms with Crippen LogP contribution < -0.4 is 10.2 Å². The predicted octanol–water partition coefficient (Wildman–Crippen LogP) is 4.22. The molecule has 146 valence electrons. The van der Waals surface area contributed by atoms with E-state index in [9.17, 15) is 13.6 Å². The number of pyridine rings is 1. The third kappa shape index (κ3) is 3.08. The van der Waals surface area contributed by atoms with Gasteiger partial charge < -0.3 is 15.2 Å². The molecule has 1 aliphatic carbocycles. The molecule has 2 N–H and O–H groups in total. The third-order valence-corrected chi connectivity index (χ3v) is 5.12. The number of H-pyrrole nitrogens is 1. The third-order valence-electron chi connectivity index (χ3n) is 5.12. The van der Waals surface area contributed by atoms with Gasteiger partial charge in [0.05, 0.1) is 17.5 Å². The summed E-state index contributed by atoms with van der Waals surface area (Å²) in [5, 5.41) is 2.86. The van der Waals surface area contributed by atoms with Gasteiger partial charge in [-0.1, -0.05) is 6.92 Å². The van der Waals surface area contributed by atoms with Crippen molar-refractivity contribution in [2.45, 2.75) is 33.1 Å². The summed E-state index contributed by atoms with van der Waals surface area (Å²) < 4.78 is 28.3. The van der Waals surface area contributed by atoms with Gasteiger partial charge in [0, 0.05) is 24.6 Å². The van der Waals surface area contributed by atoms with Gasteiger partial charge in [0.1, 0.15) is 23.0 Å². The second-order valence-corrected chi connectivity index (χ2v) is 7.11. The van der Waals surface area contributed by atoms with E-state index in [0.717, 1.165) is 24.5 Å². The fourth-order valence-corrected chi connectivity index (χ4v) is 3.46. The van der Waals surface area contributed by atoms with E-state index in [4.69, 9.17) is 0 Å². The number of aryl methyl sites for hydroxylation is 2. The molecule has 0 saturated heterocycles. The number of amides is 1. The normalized spacial score (nSPS) is 13.8. The van der Waals surface area contributed by atoms with Gasteiger partial charge in [-0.3, -0.25) is 4.79 Å². The summed E-state index contributed by atoms with van der Waals surface area (Å²) >= 11 is 0. The van der Waals surface area contributed by atoms with Crippen LogP contribution in [0.1, 0.15) is 30.9 Å². The molecule has 4 rings (SSSR count). The summed E-state index contributed by atoms with van der Waals surface area (Å²) in [5.74, 6) is -0.530. The Hall–Kier alpha value is -3.03. The maximum Gasteiger partial charge on any atom is 0.228 e. The topological polar surface area (TPSA) is 73.9 Å². The average molecular weight is 385 g/mol. The number of halogens is 2. The number of hydrogen-bond donors (Lipinski definition) is 2. The van der Waals surface area contributed by atoms with Crippen molar-refractivity contribution >= 4 is 34.3 Å². The van der Waals surface area contributed by atoms with E-state index in [2.05, 4.69) is 20.3 Å². The Bertz CT molecular complexity index is 1070. The fourth-order valence-electron chi connectivity index (χ4n) is 3.46. The molecule has 1 saturated carbocycles. The lowest BCUT2D eigenvalue weighted by Gasteiger charge is -2.24. The summed E-state index contributed by atoms with van der Waals surface area (Å²) in [6, 6.07) is 2.19. The first-order chi connectivity index (χ1) is 13.4. The van der Waals surface area contributed by atoms with E-state index < -0.39 is 11.6 Å². The van der Waals surface area contributed by atoms with E-state index in [-0.39, 0.29) is 17.5 Å². The zero-order valence-corrected chi connectivity index (χ0v) is 15.9. The number of aromatic amines is 1. The van der Waals surface area contributed by atoms with Crippen LogP contribution in [0.3, 0.4) is 0 Å². The second-order valence-electron chi connectivity index (χ2n) is 7.11. The molecule has 8 heteroatoms. The maximum atomic E-state index is 14.6. The smallest absolute Gasteiger partial charge is 0.228 e. The number of benzene rings is 1. The van der Waals surface area contributed by atoms with Gasteiger partial charge in [0.25, 0.3) is 0 Å². The number of aromatic nitrogens is 3. The Morgan fingerprint density at radius 1 is 1.36 bits per heavy atom. The number of imidazole rings is 1. The van der Waals surface area contributed by atoms with Crippen molar-refractivity contribution in [3.05, 3.63) is 41.2 Å². The summed E-state index contributed by atoms with van der Waals surface area (Å²) in [7, 11) is 1.68. The van der Waals surface area contributed by atoms with Crippen LogP contribution in [0.4, 0.5) is 26.1 Å². The number of carbonyl (C=O) groups excluding carboxylic acids is 1. The maximum absolute atomic E-state index is 14.6. The predicted molar refractivity (Wildman–Crippen MR) is 104 cm³/mol. The van der Waals surface area contributed by atoms with E-state index >= 15 is 0 Å². The largest absolute Gasteiger partial charge is 0.342 e. The van der Waals surface area contributed by atoms with Gasteiger partial charge in [-0.05, 0) is 37.8 Å². The molecule has 1 fully saturated rings. The molecule has 3 aromatic rings. The molecular weight excluding hydrogens is 364 g/mol. The van der Waals surface area contributed by atoms with Gasteiger partial charge in [-0.15, -0.1) is 0 Å². The molecule has 1 aliphatic rings.